The van der Waals surface area contributed by atoms with E-state index >= 15 is 0 Å². The Morgan fingerprint density at radius 2 is 1.86 bits per heavy atom. The number of nitrogen functional groups attached to an aromatic ring is 1. The first-order valence-corrected chi connectivity index (χ1v) is 10.7. The van der Waals surface area contributed by atoms with Gasteiger partial charge < -0.3 is 5.73 Å². The number of halogens is 1. The van der Waals surface area contributed by atoms with Crippen molar-refractivity contribution in [2.45, 2.75) is 61.2 Å². The fourth-order valence-corrected chi connectivity index (χ4v) is 6.56. The van der Waals surface area contributed by atoms with Crippen molar-refractivity contribution in [2.75, 3.05) is 11.5 Å². The molecule has 0 radical (unpaired) electrons. The first-order chi connectivity index (χ1) is 10.1. The fraction of sp³-hybridized carbons (Fsp3) is 0.733. The summed E-state index contributed by atoms with van der Waals surface area (Å²) in [6.07, 6.45) is 5.16. The molecule has 1 saturated heterocycles. The highest BCUT2D eigenvalue weighted by molar-refractivity contribution is 14.1. The molecule has 3 atom stereocenters. The minimum Gasteiger partial charge on any atom is -0.383 e. The number of nitrogens with zero attached hydrogens (tertiary/aromatic N) is 2. The SMILES string of the molecule is CC1SCC(c2nc(N)c(I)c(C3CCCC3)n2)SC1C. The van der Waals surface area contributed by atoms with Crippen molar-refractivity contribution in [3.8, 4) is 0 Å². The number of aromatic nitrogens is 2. The van der Waals surface area contributed by atoms with E-state index in [1.165, 1.54) is 31.4 Å². The molecular formula is C15H22IN3S2. The average molecular weight is 435 g/mol. The minimum absolute atomic E-state index is 0.389. The third-order valence-electron chi connectivity index (χ3n) is 4.50. The van der Waals surface area contributed by atoms with Crippen LogP contribution in [0.4, 0.5) is 5.82 Å². The molecule has 2 heterocycles. The Hall–Kier alpha value is 0.310. The monoisotopic (exact) mass is 435 g/mol. The standard InChI is InChI=1S/C15H22IN3S2/c1-8-9(2)21-11(7-20-8)15-18-13(10-5-3-4-6-10)12(16)14(17)19-15/h8-11H,3-7H2,1-2H3,(H2,17,18,19). The molecule has 1 aliphatic heterocycles. The highest BCUT2D eigenvalue weighted by atomic mass is 127. The Kier molecular flexibility index (Phi) is 5.26. The average Bonchev–Trinajstić information content (AvgIpc) is 2.98. The van der Waals surface area contributed by atoms with Crippen molar-refractivity contribution < 1.29 is 0 Å². The molecule has 2 N–H and O–H groups in total. The van der Waals surface area contributed by atoms with Crippen molar-refractivity contribution in [3.63, 3.8) is 0 Å². The Morgan fingerprint density at radius 1 is 1.14 bits per heavy atom. The normalized spacial score (nSPS) is 30.7. The molecule has 2 fully saturated rings. The molecule has 3 unspecified atom stereocenters. The van der Waals surface area contributed by atoms with Crippen LogP contribution in [0.2, 0.25) is 0 Å². The summed E-state index contributed by atoms with van der Waals surface area (Å²) in [4.78, 5) is 9.58. The van der Waals surface area contributed by atoms with E-state index in [1.807, 2.05) is 23.5 Å². The number of hydrogen-bond acceptors (Lipinski definition) is 5. The summed E-state index contributed by atoms with van der Waals surface area (Å²) < 4.78 is 1.08. The number of nitrogens with two attached hydrogens (primary N) is 1. The summed E-state index contributed by atoms with van der Waals surface area (Å²) in [6.45, 7) is 4.62. The largest absolute Gasteiger partial charge is 0.383 e. The predicted octanol–water partition coefficient (Wildman–Crippen LogP) is 4.62. The van der Waals surface area contributed by atoms with Crippen molar-refractivity contribution in [1.29, 1.82) is 0 Å². The third kappa shape index (κ3) is 3.47. The van der Waals surface area contributed by atoms with E-state index < -0.39 is 0 Å². The maximum Gasteiger partial charge on any atom is 0.144 e. The molecule has 1 aliphatic carbocycles. The van der Waals surface area contributed by atoms with Gasteiger partial charge in [0, 0.05) is 22.2 Å². The molecule has 0 bridgehead atoms. The topological polar surface area (TPSA) is 51.8 Å². The van der Waals surface area contributed by atoms with Gasteiger partial charge in [-0.05, 0) is 35.4 Å². The fourth-order valence-electron chi connectivity index (χ4n) is 3.03. The van der Waals surface area contributed by atoms with Gasteiger partial charge in [-0.1, -0.05) is 26.7 Å². The summed E-state index contributed by atoms with van der Waals surface area (Å²) in [5, 5.41) is 1.75. The number of rotatable bonds is 2. The zero-order valence-electron chi connectivity index (χ0n) is 12.5. The van der Waals surface area contributed by atoms with Crippen LogP contribution in [-0.4, -0.2) is 26.2 Å². The Labute approximate surface area is 149 Å². The van der Waals surface area contributed by atoms with Crippen molar-refractivity contribution in [3.05, 3.63) is 15.1 Å². The summed E-state index contributed by atoms with van der Waals surface area (Å²) >= 11 is 6.37. The summed E-state index contributed by atoms with van der Waals surface area (Å²) in [6, 6.07) is 0. The first kappa shape index (κ1) is 16.2. The van der Waals surface area contributed by atoms with Crippen LogP contribution in [0.15, 0.2) is 0 Å². The second kappa shape index (κ2) is 6.83. The molecule has 21 heavy (non-hydrogen) atoms. The second-order valence-electron chi connectivity index (χ2n) is 6.02. The van der Waals surface area contributed by atoms with Gasteiger partial charge in [-0.25, -0.2) is 9.97 Å². The van der Waals surface area contributed by atoms with Crippen LogP contribution in [0.25, 0.3) is 0 Å². The van der Waals surface area contributed by atoms with E-state index in [9.17, 15) is 0 Å². The molecule has 0 amide bonds. The van der Waals surface area contributed by atoms with Gasteiger partial charge in [-0.2, -0.15) is 11.8 Å². The van der Waals surface area contributed by atoms with E-state index in [-0.39, 0.29) is 0 Å². The summed E-state index contributed by atoms with van der Waals surface area (Å²) in [7, 11) is 0. The van der Waals surface area contributed by atoms with Crippen LogP contribution in [-0.2, 0) is 0 Å². The molecule has 2 aliphatic rings. The number of hydrogen-bond donors (Lipinski definition) is 1. The van der Waals surface area contributed by atoms with Gasteiger partial charge in [0.05, 0.1) is 14.5 Å². The van der Waals surface area contributed by atoms with E-state index in [2.05, 4.69) is 41.4 Å². The predicted molar refractivity (Wildman–Crippen MR) is 102 cm³/mol. The maximum atomic E-state index is 6.18. The van der Waals surface area contributed by atoms with Crippen LogP contribution in [0.1, 0.15) is 62.2 Å². The second-order valence-corrected chi connectivity index (χ2v) is 10.1. The molecule has 6 heteroatoms. The van der Waals surface area contributed by atoms with Crippen LogP contribution >= 0.6 is 46.1 Å². The van der Waals surface area contributed by atoms with Crippen LogP contribution in [0.5, 0.6) is 0 Å². The Balaban J connectivity index is 1.88. The summed E-state index contributed by atoms with van der Waals surface area (Å²) in [5.41, 5.74) is 7.40. The Bertz CT molecular complexity index is 520. The lowest BCUT2D eigenvalue weighted by Crippen LogP contribution is -2.24. The van der Waals surface area contributed by atoms with Gasteiger partial charge in [0.25, 0.3) is 0 Å². The highest BCUT2D eigenvalue weighted by Gasteiger charge is 2.30. The molecule has 116 valence electrons. The molecule has 0 aromatic carbocycles. The molecule has 1 aromatic heterocycles. The molecule has 0 spiro atoms. The zero-order chi connectivity index (χ0) is 15.0. The smallest absolute Gasteiger partial charge is 0.144 e. The minimum atomic E-state index is 0.389. The van der Waals surface area contributed by atoms with E-state index in [0.29, 0.717) is 27.5 Å². The van der Waals surface area contributed by atoms with Crippen molar-refractivity contribution in [1.82, 2.24) is 9.97 Å². The van der Waals surface area contributed by atoms with Gasteiger partial charge in [-0.3, -0.25) is 0 Å². The maximum absolute atomic E-state index is 6.18. The lowest BCUT2D eigenvalue weighted by molar-refractivity contribution is 0.679. The highest BCUT2D eigenvalue weighted by Crippen LogP contribution is 2.44. The van der Waals surface area contributed by atoms with E-state index in [4.69, 9.17) is 10.7 Å². The quantitative estimate of drug-likeness (QED) is 0.688. The third-order valence-corrected chi connectivity index (χ3v) is 8.99. The van der Waals surface area contributed by atoms with Crippen LogP contribution in [0.3, 0.4) is 0 Å². The molecule has 3 nitrogen and oxygen atoms in total. The van der Waals surface area contributed by atoms with Gasteiger partial charge in [0.15, 0.2) is 0 Å². The molecule has 3 rings (SSSR count). The zero-order valence-corrected chi connectivity index (χ0v) is 16.3. The van der Waals surface area contributed by atoms with Crippen molar-refractivity contribution in [2.24, 2.45) is 0 Å². The van der Waals surface area contributed by atoms with Gasteiger partial charge in [0.1, 0.15) is 11.6 Å². The number of thioether (sulfide) groups is 2. The van der Waals surface area contributed by atoms with Gasteiger partial charge >= 0.3 is 0 Å². The molecule has 1 saturated carbocycles. The van der Waals surface area contributed by atoms with Gasteiger partial charge in [0.2, 0.25) is 0 Å². The molecular weight excluding hydrogens is 413 g/mol. The number of anilines is 1. The Morgan fingerprint density at radius 3 is 2.52 bits per heavy atom. The lowest BCUT2D eigenvalue weighted by Gasteiger charge is -2.30. The molecule has 1 aromatic rings. The van der Waals surface area contributed by atoms with Gasteiger partial charge in [-0.15, -0.1) is 11.8 Å². The van der Waals surface area contributed by atoms with E-state index in [1.54, 1.807) is 0 Å². The summed E-state index contributed by atoms with van der Waals surface area (Å²) in [5.74, 6) is 3.34. The first-order valence-electron chi connectivity index (χ1n) is 7.66. The van der Waals surface area contributed by atoms with Crippen LogP contribution in [0, 0.1) is 3.57 Å². The van der Waals surface area contributed by atoms with E-state index in [0.717, 1.165) is 15.1 Å². The lowest BCUT2D eigenvalue weighted by atomic mass is 10.0. The van der Waals surface area contributed by atoms with Crippen molar-refractivity contribution >= 4 is 51.9 Å². The van der Waals surface area contributed by atoms with Crippen LogP contribution < -0.4 is 5.73 Å².